The van der Waals surface area contributed by atoms with Crippen molar-refractivity contribution in [2.24, 2.45) is 5.92 Å². The van der Waals surface area contributed by atoms with Gasteiger partial charge in [0, 0.05) is 19.3 Å². The van der Waals surface area contributed by atoms with Crippen LogP contribution in [0.3, 0.4) is 0 Å². The number of furan rings is 1. The fraction of sp³-hybridized carbons (Fsp3) is 0.318. The zero-order chi connectivity index (χ0) is 25.9. The summed E-state index contributed by atoms with van der Waals surface area (Å²) in [6, 6.07) is 2.42. The van der Waals surface area contributed by atoms with Crippen LogP contribution in [0.4, 0.5) is 27.6 Å². The Kier molecular flexibility index (Phi) is 7.77. The minimum absolute atomic E-state index is 0.0118. The van der Waals surface area contributed by atoms with Gasteiger partial charge >= 0.3 is 0 Å². The Bertz CT molecular complexity index is 1230. The van der Waals surface area contributed by atoms with E-state index in [0.29, 0.717) is 13.1 Å². The number of nitrogens with zero attached hydrogens (tertiary/aromatic N) is 2. The lowest BCUT2D eigenvalue weighted by Crippen LogP contribution is -2.28. The zero-order valence-corrected chi connectivity index (χ0v) is 18.8. The van der Waals surface area contributed by atoms with E-state index < -0.39 is 53.3 Å². The van der Waals surface area contributed by atoms with Gasteiger partial charge in [-0.1, -0.05) is 13.8 Å². The summed E-state index contributed by atoms with van der Waals surface area (Å²) in [6.07, 6.45) is 1.46. The highest BCUT2D eigenvalue weighted by atomic mass is 19.2. The molecule has 2 aromatic heterocycles. The number of hydrogen-bond acceptors (Lipinski definition) is 5. The second-order valence-corrected chi connectivity index (χ2v) is 7.76. The second-order valence-electron chi connectivity index (χ2n) is 7.76. The van der Waals surface area contributed by atoms with Crippen molar-refractivity contribution in [3.63, 3.8) is 0 Å². The van der Waals surface area contributed by atoms with Gasteiger partial charge in [0.25, 0.3) is 11.8 Å². The number of carbonyl (C=O) groups is 2. The molecule has 3 rings (SSSR count). The van der Waals surface area contributed by atoms with Crippen molar-refractivity contribution >= 4 is 17.5 Å². The quantitative estimate of drug-likeness (QED) is 0.258. The predicted octanol–water partition coefficient (Wildman–Crippen LogP) is 4.41. The third kappa shape index (κ3) is 5.61. The number of carbonyl (C=O) groups excluding carboxylic acids is 2. The van der Waals surface area contributed by atoms with Crippen molar-refractivity contribution in [2.45, 2.75) is 33.9 Å². The van der Waals surface area contributed by atoms with E-state index in [4.69, 9.17) is 9.15 Å². The standard InChI is InChI=1S/C22H21F5N4O4/c1-4-31-8-12(19(30-31)22(33)28-7-10(2)3)29-21(32)13-6-5-11(35-13)9-34-20-17(26)15(24)14(23)16(25)18(20)27/h5-6,8,10H,4,7,9H2,1-3H3,(H,28,33)(H,29,32). The molecule has 0 bridgehead atoms. The summed E-state index contributed by atoms with van der Waals surface area (Å²) in [4.78, 5) is 25.0. The summed E-state index contributed by atoms with van der Waals surface area (Å²) >= 11 is 0. The number of hydrogen-bond donors (Lipinski definition) is 2. The average molecular weight is 500 g/mol. The van der Waals surface area contributed by atoms with Crippen molar-refractivity contribution in [3.8, 4) is 5.75 Å². The molecule has 35 heavy (non-hydrogen) atoms. The van der Waals surface area contributed by atoms with Crippen LogP contribution in [0.2, 0.25) is 0 Å². The van der Waals surface area contributed by atoms with Crippen LogP contribution in [0.25, 0.3) is 0 Å². The van der Waals surface area contributed by atoms with Crippen LogP contribution in [-0.4, -0.2) is 28.1 Å². The maximum Gasteiger partial charge on any atom is 0.291 e. The molecule has 1 aromatic carbocycles. The number of anilines is 1. The maximum absolute atomic E-state index is 13.7. The molecule has 2 amide bonds. The first-order valence-electron chi connectivity index (χ1n) is 10.4. The molecular weight excluding hydrogens is 479 g/mol. The Morgan fingerprint density at radius 1 is 1.03 bits per heavy atom. The predicted molar refractivity (Wildman–Crippen MR) is 112 cm³/mol. The SMILES string of the molecule is CCn1cc(NC(=O)c2ccc(COc3c(F)c(F)c(F)c(F)c3F)o2)c(C(=O)NCC(C)C)n1. The summed E-state index contributed by atoms with van der Waals surface area (Å²) in [7, 11) is 0. The van der Waals surface area contributed by atoms with E-state index in [0.717, 1.165) is 0 Å². The summed E-state index contributed by atoms with van der Waals surface area (Å²) in [6.45, 7) is 5.71. The van der Waals surface area contributed by atoms with Crippen LogP contribution < -0.4 is 15.4 Å². The van der Waals surface area contributed by atoms with Crippen LogP contribution in [0.15, 0.2) is 22.7 Å². The van der Waals surface area contributed by atoms with E-state index in [-0.39, 0.29) is 28.8 Å². The van der Waals surface area contributed by atoms with Crippen LogP contribution in [0.5, 0.6) is 5.75 Å². The largest absolute Gasteiger partial charge is 0.479 e. The Balaban J connectivity index is 1.72. The molecule has 3 aromatic rings. The third-order valence-corrected chi connectivity index (χ3v) is 4.63. The molecule has 2 N–H and O–H groups in total. The molecule has 8 nitrogen and oxygen atoms in total. The molecule has 0 spiro atoms. The monoisotopic (exact) mass is 500 g/mol. The van der Waals surface area contributed by atoms with Gasteiger partial charge in [-0.05, 0) is 25.0 Å². The van der Waals surface area contributed by atoms with Crippen LogP contribution >= 0.6 is 0 Å². The summed E-state index contributed by atoms with van der Waals surface area (Å²) in [5.41, 5.74) is 0.107. The van der Waals surface area contributed by atoms with Gasteiger partial charge in [-0.15, -0.1) is 0 Å². The number of aromatic nitrogens is 2. The molecule has 0 fully saturated rings. The molecule has 0 radical (unpaired) electrons. The number of nitrogens with one attached hydrogen (secondary N) is 2. The van der Waals surface area contributed by atoms with E-state index in [2.05, 4.69) is 15.7 Å². The lowest BCUT2D eigenvalue weighted by molar-refractivity contribution is 0.0944. The van der Waals surface area contributed by atoms with Crippen molar-refractivity contribution in [1.29, 1.82) is 0 Å². The maximum atomic E-state index is 13.7. The summed E-state index contributed by atoms with van der Waals surface area (Å²) in [5.74, 6) is -13.8. The van der Waals surface area contributed by atoms with Gasteiger partial charge in [-0.25, -0.2) is 13.2 Å². The number of aryl methyl sites for hydroxylation is 1. The van der Waals surface area contributed by atoms with Gasteiger partial charge in [0.1, 0.15) is 12.4 Å². The van der Waals surface area contributed by atoms with Gasteiger partial charge in [-0.2, -0.15) is 13.9 Å². The fourth-order valence-corrected chi connectivity index (χ4v) is 2.84. The van der Waals surface area contributed by atoms with E-state index >= 15 is 0 Å². The second kappa shape index (κ2) is 10.6. The molecule has 0 aliphatic rings. The summed E-state index contributed by atoms with van der Waals surface area (Å²) in [5, 5.41) is 9.34. The Labute approximate surface area is 196 Å². The van der Waals surface area contributed by atoms with E-state index in [9.17, 15) is 31.5 Å². The first kappa shape index (κ1) is 25.7. The lowest BCUT2D eigenvalue weighted by atomic mass is 10.2. The molecule has 0 atom stereocenters. The van der Waals surface area contributed by atoms with E-state index in [1.807, 2.05) is 13.8 Å². The molecule has 0 aliphatic carbocycles. The Morgan fingerprint density at radius 3 is 2.26 bits per heavy atom. The van der Waals surface area contributed by atoms with Crippen LogP contribution in [0, 0.1) is 35.0 Å². The number of amides is 2. The number of benzene rings is 1. The van der Waals surface area contributed by atoms with Crippen molar-refractivity contribution in [3.05, 3.63) is 64.6 Å². The van der Waals surface area contributed by atoms with Crippen molar-refractivity contribution < 1.29 is 40.7 Å². The molecule has 188 valence electrons. The van der Waals surface area contributed by atoms with Crippen molar-refractivity contribution in [1.82, 2.24) is 15.1 Å². The van der Waals surface area contributed by atoms with Gasteiger partial charge < -0.3 is 19.8 Å². The molecule has 0 aliphatic heterocycles. The topological polar surface area (TPSA) is 98.4 Å². The number of rotatable bonds is 9. The first-order chi connectivity index (χ1) is 16.5. The lowest BCUT2D eigenvalue weighted by Gasteiger charge is -2.09. The van der Waals surface area contributed by atoms with E-state index in [1.165, 1.54) is 23.0 Å². The van der Waals surface area contributed by atoms with Gasteiger partial charge in [0.2, 0.25) is 29.1 Å². The highest BCUT2D eigenvalue weighted by Crippen LogP contribution is 2.30. The highest BCUT2D eigenvalue weighted by molar-refractivity contribution is 6.07. The highest BCUT2D eigenvalue weighted by Gasteiger charge is 2.27. The van der Waals surface area contributed by atoms with Crippen LogP contribution in [0.1, 0.15) is 47.6 Å². The van der Waals surface area contributed by atoms with Gasteiger partial charge in [0.15, 0.2) is 17.2 Å². The molecule has 0 saturated carbocycles. The van der Waals surface area contributed by atoms with Crippen LogP contribution in [-0.2, 0) is 13.2 Å². The van der Waals surface area contributed by atoms with Gasteiger partial charge in [0.05, 0.1) is 5.69 Å². The molecule has 13 heteroatoms. The third-order valence-electron chi connectivity index (χ3n) is 4.63. The zero-order valence-electron chi connectivity index (χ0n) is 18.8. The number of ether oxygens (including phenoxy) is 1. The molecule has 2 heterocycles. The Morgan fingerprint density at radius 2 is 1.66 bits per heavy atom. The minimum atomic E-state index is -2.31. The fourth-order valence-electron chi connectivity index (χ4n) is 2.84. The normalized spacial score (nSPS) is 11.1. The molecular formula is C22H21F5N4O4. The molecule has 0 saturated heterocycles. The smallest absolute Gasteiger partial charge is 0.291 e. The summed E-state index contributed by atoms with van der Waals surface area (Å²) < 4.78 is 78.6. The minimum Gasteiger partial charge on any atom is -0.479 e. The molecule has 0 unspecified atom stereocenters. The van der Waals surface area contributed by atoms with Gasteiger partial charge in [-0.3, -0.25) is 14.3 Å². The van der Waals surface area contributed by atoms with E-state index in [1.54, 1.807) is 6.92 Å². The Hall–Kier alpha value is -3.90. The average Bonchev–Trinajstić information content (AvgIpc) is 3.47. The first-order valence-corrected chi connectivity index (χ1v) is 10.4. The van der Waals surface area contributed by atoms with Crippen molar-refractivity contribution in [2.75, 3.05) is 11.9 Å². The number of halogens is 5.